The quantitative estimate of drug-likeness (QED) is 0.792. The number of hydrogen-bond donors (Lipinski definition) is 0. The maximum absolute atomic E-state index is 12.0. The smallest absolute Gasteiger partial charge is 0.410 e. The predicted octanol–water partition coefficient (Wildman–Crippen LogP) is 2.90. The van der Waals surface area contributed by atoms with E-state index >= 15 is 0 Å². The maximum atomic E-state index is 12.0. The topological polar surface area (TPSA) is 55.3 Å². The Morgan fingerprint density at radius 1 is 1.25 bits per heavy atom. The van der Waals surface area contributed by atoms with Gasteiger partial charge in [0.05, 0.1) is 11.4 Å². The van der Waals surface area contributed by atoms with Gasteiger partial charge in [0.25, 0.3) is 0 Å². The van der Waals surface area contributed by atoms with E-state index in [4.69, 9.17) is 4.74 Å². The van der Waals surface area contributed by atoms with Crippen molar-refractivity contribution in [1.29, 1.82) is 0 Å². The fraction of sp³-hybridized carbons (Fsp3) is 0.667. The van der Waals surface area contributed by atoms with Crippen LogP contribution in [-0.2, 0) is 4.74 Å². The number of carbonyl (C=O) groups excluding carboxylic acids is 1. The van der Waals surface area contributed by atoms with E-state index in [9.17, 15) is 4.79 Å². The van der Waals surface area contributed by atoms with Gasteiger partial charge in [-0.3, -0.25) is 0 Å². The molecule has 2 heterocycles. The summed E-state index contributed by atoms with van der Waals surface area (Å²) >= 11 is 0. The van der Waals surface area contributed by atoms with Crippen LogP contribution in [0.2, 0.25) is 0 Å². The predicted molar refractivity (Wildman–Crippen MR) is 76.6 cm³/mol. The van der Waals surface area contributed by atoms with E-state index in [0.29, 0.717) is 5.92 Å². The van der Waals surface area contributed by atoms with Gasteiger partial charge in [-0.05, 0) is 52.7 Å². The van der Waals surface area contributed by atoms with Gasteiger partial charge in [0.15, 0.2) is 0 Å². The zero-order valence-electron chi connectivity index (χ0n) is 12.7. The highest BCUT2D eigenvalue weighted by atomic mass is 16.6. The van der Waals surface area contributed by atoms with Gasteiger partial charge in [-0.25, -0.2) is 4.79 Å². The van der Waals surface area contributed by atoms with Crippen LogP contribution < -0.4 is 0 Å². The molecule has 1 aromatic rings. The second kappa shape index (κ2) is 5.77. The number of aryl methyl sites for hydroxylation is 1. The van der Waals surface area contributed by atoms with E-state index in [1.807, 2.05) is 39.8 Å². The summed E-state index contributed by atoms with van der Waals surface area (Å²) in [6, 6.07) is 4.03. The number of amides is 1. The molecule has 0 N–H and O–H groups in total. The molecule has 0 aromatic carbocycles. The molecular weight excluding hydrogens is 254 g/mol. The number of nitrogens with zero attached hydrogens (tertiary/aromatic N) is 3. The van der Waals surface area contributed by atoms with E-state index in [1.165, 1.54) is 0 Å². The normalized spacial score (nSPS) is 17.1. The Morgan fingerprint density at radius 3 is 2.40 bits per heavy atom. The fourth-order valence-corrected chi connectivity index (χ4v) is 2.31. The molecule has 2 rings (SSSR count). The van der Waals surface area contributed by atoms with Crippen LogP contribution in [0.5, 0.6) is 0 Å². The monoisotopic (exact) mass is 277 g/mol. The summed E-state index contributed by atoms with van der Waals surface area (Å²) < 4.78 is 5.39. The first kappa shape index (κ1) is 14.8. The third-order valence-electron chi connectivity index (χ3n) is 3.38. The molecule has 20 heavy (non-hydrogen) atoms. The van der Waals surface area contributed by atoms with Crippen molar-refractivity contribution in [2.75, 3.05) is 13.1 Å². The van der Waals surface area contributed by atoms with E-state index in [0.717, 1.165) is 37.3 Å². The molecule has 0 unspecified atom stereocenters. The van der Waals surface area contributed by atoms with Gasteiger partial charge in [0, 0.05) is 19.0 Å². The van der Waals surface area contributed by atoms with Crippen molar-refractivity contribution >= 4 is 6.09 Å². The van der Waals surface area contributed by atoms with Crippen LogP contribution in [-0.4, -0.2) is 39.9 Å². The number of likely N-dealkylation sites (tertiary alicyclic amines) is 1. The van der Waals surface area contributed by atoms with Crippen LogP contribution in [0.4, 0.5) is 4.79 Å². The SMILES string of the molecule is Cc1ccc(C2CCN(C(=O)OC(C)(C)C)CC2)nn1. The standard InChI is InChI=1S/C15H23N3O2/c1-11-5-6-13(17-16-11)12-7-9-18(10-8-12)14(19)20-15(2,3)4/h5-6,12H,7-10H2,1-4H3. The molecule has 0 radical (unpaired) electrons. The second-order valence-corrected chi connectivity index (χ2v) is 6.34. The molecule has 110 valence electrons. The summed E-state index contributed by atoms with van der Waals surface area (Å²) in [4.78, 5) is 13.8. The first-order chi connectivity index (χ1) is 9.35. The second-order valence-electron chi connectivity index (χ2n) is 6.34. The highest BCUT2D eigenvalue weighted by Gasteiger charge is 2.28. The van der Waals surface area contributed by atoms with Gasteiger partial charge >= 0.3 is 6.09 Å². The molecule has 0 bridgehead atoms. The summed E-state index contributed by atoms with van der Waals surface area (Å²) in [5.74, 6) is 0.391. The molecule has 1 saturated heterocycles. The van der Waals surface area contributed by atoms with Crippen LogP contribution in [0, 0.1) is 6.92 Å². The molecule has 0 saturated carbocycles. The molecule has 0 spiro atoms. The number of ether oxygens (including phenoxy) is 1. The van der Waals surface area contributed by atoms with Gasteiger partial charge in [-0.15, -0.1) is 0 Å². The van der Waals surface area contributed by atoms with E-state index in [2.05, 4.69) is 10.2 Å². The highest BCUT2D eigenvalue weighted by molar-refractivity contribution is 5.68. The third kappa shape index (κ3) is 3.92. The van der Waals surface area contributed by atoms with Crippen molar-refractivity contribution in [1.82, 2.24) is 15.1 Å². The zero-order valence-corrected chi connectivity index (χ0v) is 12.7. The number of carbonyl (C=O) groups is 1. The first-order valence-electron chi connectivity index (χ1n) is 7.13. The first-order valence-corrected chi connectivity index (χ1v) is 7.13. The van der Waals surface area contributed by atoms with Gasteiger partial charge in [0.1, 0.15) is 5.60 Å². The minimum absolute atomic E-state index is 0.217. The van der Waals surface area contributed by atoms with Crippen LogP contribution in [0.1, 0.15) is 50.9 Å². The molecule has 5 heteroatoms. The van der Waals surface area contributed by atoms with Crippen LogP contribution >= 0.6 is 0 Å². The van der Waals surface area contributed by atoms with Crippen molar-refractivity contribution in [2.45, 2.75) is 52.1 Å². The largest absolute Gasteiger partial charge is 0.444 e. The summed E-state index contributed by atoms with van der Waals surface area (Å²) in [5, 5.41) is 8.35. The molecule has 0 atom stereocenters. The Kier molecular flexibility index (Phi) is 4.26. The molecule has 0 aliphatic carbocycles. The Labute approximate surface area is 120 Å². The average Bonchev–Trinajstić information content (AvgIpc) is 2.38. The van der Waals surface area contributed by atoms with Gasteiger partial charge in [-0.1, -0.05) is 0 Å². The van der Waals surface area contributed by atoms with Crippen LogP contribution in [0.25, 0.3) is 0 Å². The lowest BCUT2D eigenvalue weighted by molar-refractivity contribution is 0.0204. The third-order valence-corrected chi connectivity index (χ3v) is 3.38. The van der Waals surface area contributed by atoms with Crippen molar-refractivity contribution in [2.24, 2.45) is 0 Å². The maximum Gasteiger partial charge on any atom is 0.410 e. The lowest BCUT2D eigenvalue weighted by Crippen LogP contribution is -2.41. The Hall–Kier alpha value is -1.65. The van der Waals surface area contributed by atoms with Crippen LogP contribution in [0.15, 0.2) is 12.1 Å². The van der Waals surface area contributed by atoms with E-state index in [1.54, 1.807) is 4.90 Å². The Bertz CT molecular complexity index is 457. The van der Waals surface area contributed by atoms with Gasteiger partial charge in [-0.2, -0.15) is 10.2 Å². The van der Waals surface area contributed by atoms with E-state index in [-0.39, 0.29) is 6.09 Å². The molecular formula is C15H23N3O2. The highest BCUT2D eigenvalue weighted by Crippen LogP contribution is 2.27. The minimum Gasteiger partial charge on any atom is -0.444 e. The van der Waals surface area contributed by atoms with Gasteiger partial charge in [0.2, 0.25) is 0 Å². The van der Waals surface area contributed by atoms with Gasteiger partial charge < -0.3 is 9.64 Å². The number of piperidine rings is 1. The summed E-state index contributed by atoms with van der Waals surface area (Å²) in [5.41, 5.74) is 1.52. The molecule has 5 nitrogen and oxygen atoms in total. The molecule has 1 amide bonds. The van der Waals surface area contributed by atoms with Crippen molar-refractivity contribution in [3.63, 3.8) is 0 Å². The summed E-state index contributed by atoms with van der Waals surface area (Å²) in [7, 11) is 0. The number of aromatic nitrogens is 2. The fourth-order valence-electron chi connectivity index (χ4n) is 2.31. The van der Waals surface area contributed by atoms with Crippen molar-refractivity contribution in [3.05, 3.63) is 23.5 Å². The molecule has 1 aliphatic rings. The lowest BCUT2D eigenvalue weighted by Gasteiger charge is -2.33. The molecule has 1 aliphatic heterocycles. The lowest BCUT2D eigenvalue weighted by atomic mass is 9.93. The van der Waals surface area contributed by atoms with Crippen molar-refractivity contribution in [3.8, 4) is 0 Å². The average molecular weight is 277 g/mol. The minimum atomic E-state index is -0.434. The zero-order chi connectivity index (χ0) is 14.8. The van der Waals surface area contributed by atoms with E-state index < -0.39 is 5.60 Å². The van der Waals surface area contributed by atoms with Crippen LogP contribution in [0.3, 0.4) is 0 Å². The summed E-state index contributed by atoms with van der Waals surface area (Å²) in [6.07, 6.45) is 1.61. The number of rotatable bonds is 1. The molecule has 1 fully saturated rings. The number of hydrogen-bond acceptors (Lipinski definition) is 4. The Morgan fingerprint density at radius 2 is 1.90 bits per heavy atom. The summed E-state index contributed by atoms with van der Waals surface area (Å²) in [6.45, 7) is 9.03. The Balaban J connectivity index is 1.89. The van der Waals surface area contributed by atoms with Crippen molar-refractivity contribution < 1.29 is 9.53 Å². The molecule has 1 aromatic heterocycles.